The Hall–Kier alpha value is -1.82. The van der Waals surface area contributed by atoms with Gasteiger partial charge in [-0.2, -0.15) is 0 Å². The first-order valence-electron chi connectivity index (χ1n) is 6.76. The van der Waals surface area contributed by atoms with Crippen LogP contribution in [0.5, 0.6) is 5.75 Å². The largest absolute Gasteiger partial charge is 0.494 e. The van der Waals surface area contributed by atoms with Crippen LogP contribution in [0.4, 0.5) is 5.69 Å². The molecule has 0 aliphatic heterocycles. The third kappa shape index (κ3) is 4.07. The number of ether oxygens (including phenoxy) is 1. The lowest BCUT2D eigenvalue weighted by atomic mass is 10.1. The molecule has 0 radical (unpaired) electrons. The van der Waals surface area contributed by atoms with Crippen LogP contribution in [-0.2, 0) is 9.84 Å². The quantitative estimate of drug-likeness (QED) is 0.888. The van der Waals surface area contributed by atoms with E-state index in [1.165, 1.54) is 6.26 Å². The number of aromatic nitrogens is 1. The van der Waals surface area contributed by atoms with Crippen LogP contribution < -0.4 is 10.1 Å². The van der Waals surface area contributed by atoms with E-state index in [1.807, 2.05) is 31.2 Å². The van der Waals surface area contributed by atoms with Crippen LogP contribution in [0.1, 0.15) is 13.3 Å². The van der Waals surface area contributed by atoms with E-state index in [1.54, 1.807) is 13.3 Å². The molecule has 1 N–H and O–H groups in total. The first-order chi connectivity index (χ1) is 9.90. The fourth-order valence-electron chi connectivity index (χ4n) is 2.17. The van der Waals surface area contributed by atoms with E-state index in [0.717, 1.165) is 22.3 Å². The maximum atomic E-state index is 11.2. The van der Waals surface area contributed by atoms with Gasteiger partial charge < -0.3 is 10.1 Å². The van der Waals surface area contributed by atoms with Gasteiger partial charge in [0.2, 0.25) is 0 Å². The molecule has 5 nitrogen and oxygen atoms in total. The van der Waals surface area contributed by atoms with Crippen molar-refractivity contribution in [1.29, 1.82) is 0 Å². The van der Waals surface area contributed by atoms with Gasteiger partial charge in [-0.05, 0) is 25.5 Å². The minimum absolute atomic E-state index is 0.0523. The molecule has 0 aliphatic carbocycles. The molecule has 1 aromatic heterocycles. The Morgan fingerprint density at radius 1 is 1.33 bits per heavy atom. The van der Waals surface area contributed by atoms with Crippen LogP contribution in [0.15, 0.2) is 30.5 Å². The number of para-hydroxylation sites is 1. The predicted octanol–water partition coefficient (Wildman–Crippen LogP) is 2.48. The van der Waals surface area contributed by atoms with Crippen LogP contribution >= 0.6 is 0 Å². The Bertz CT molecular complexity index is 729. The van der Waals surface area contributed by atoms with E-state index >= 15 is 0 Å². The van der Waals surface area contributed by atoms with Crippen LogP contribution in [0, 0.1) is 0 Å². The van der Waals surface area contributed by atoms with Gasteiger partial charge in [-0.1, -0.05) is 12.1 Å². The van der Waals surface area contributed by atoms with Gasteiger partial charge in [-0.3, -0.25) is 4.98 Å². The summed E-state index contributed by atoms with van der Waals surface area (Å²) in [4.78, 5) is 4.34. The summed E-state index contributed by atoms with van der Waals surface area (Å²) >= 11 is 0. The van der Waals surface area contributed by atoms with Crippen molar-refractivity contribution in [3.05, 3.63) is 30.5 Å². The van der Waals surface area contributed by atoms with Crippen LogP contribution in [0.3, 0.4) is 0 Å². The summed E-state index contributed by atoms with van der Waals surface area (Å²) in [5, 5.41) is 4.31. The number of anilines is 1. The molecule has 0 fully saturated rings. The van der Waals surface area contributed by atoms with E-state index in [2.05, 4.69) is 10.3 Å². The molecule has 0 bridgehead atoms. The molecule has 1 heterocycles. The molecule has 0 saturated carbocycles. The molecule has 2 rings (SSSR count). The van der Waals surface area contributed by atoms with Gasteiger partial charge in [0.25, 0.3) is 0 Å². The maximum absolute atomic E-state index is 11.2. The zero-order valence-corrected chi connectivity index (χ0v) is 13.3. The number of fused-ring (bicyclic) bond motifs is 1. The topological polar surface area (TPSA) is 68.3 Å². The lowest BCUT2D eigenvalue weighted by Crippen LogP contribution is -2.19. The van der Waals surface area contributed by atoms with E-state index in [-0.39, 0.29) is 11.8 Å². The van der Waals surface area contributed by atoms with Gasteiger partial charge in [0.15, 0.2) is 0 Å². The van der Waals surface area contributed by atoms with Crippen molar-refractivity contribution in [2.75, 3.05) is 24.4 Å². The highest BCUT2D eigenvalue weighted by molar-refractivity contribution is 7.90. The molecule has 0 spiro atoms. The molecule has 114 valence electrons. The van der Waals surface area contributed by atoms with Crippen molar-refractivity contribution in [1.82, 2.24) is 4.98 Å². The highest BCUT2D eigenvalue weighted by atomic mass is 32.2. The normalized spacial score (nSPS) is 13.1. The minimum atomic E-state index is -2.94. The number of nitrogens with one attached hydrogen (secondary N) is 1. The second-order valence-electron chi connectivity index (χ2n) is 5.18. The van der Waals surface area contributed by atoms with Crippen molar-refractivity contribution < 1.29 is 13.2 Å². The number of pyridine rings is 1. The smallest absolute Gasteiger partial charge is 0.147 e. The summed E-state index contributed by atoms with van der Waals surface area (Å²) in [6.07, 6.45) is 3.54. The summed E-state index contributed by atoms with van der Waals surface area (Å²) in [6, 6.07) is 7.69. The molecule has 6 heteroatoms. The zero-order chi connectivity index (χ0) is 15.5. The summed E-state index contributed by atoms with van der Waals surface area (Å²) in [5.74, 6) is 0.896. The first-order valence-corrected chi connectivity index (χ1v) is 8.83. The predicted molar refractivity (Wildman–Crippen MR) is 85.7 cm³/mol. The average Bonchev–Trinajstić information content (AvgIpc) is 2.44. The monoisotopic (exact) mass is 308 g/mol. The lowest BCUT2D eigenvalue weighted by molar-refractivity contribution is 0.419. The number of rotatable bonds is 6. The second-order valence-corrected chi connectivity index (χ2v) is 7.44. The fourth-order valence-corrected chi connectivity index (χ4v) is 2.95. The van der Waals surface area contributed by atoms with Gasteiger partial charge in [-0.25, -0.2) is 8.42 Å². The highest BCUT2D eigenvalue weighted by Gasteiger charge is 2.11. The molecule has 1 atom stereocenters. The number of hydrogen-bond donors (Lipinski definition) is 1. The lowest BCUT2D eigenvalue weighted by Gasteiger charge is -2.16. The standard InChI is InChI=1S/C15H20N2O3S/c1-11(8-10-21(3,18)19)17-13-7-9-16-15-12(13)5-4-6-14(15)20-2/h4-7,9,11H,8,10H2,1-3H3,(H,16,17)/t11-/m1/s1. The molecular formula is C15H20N2O3S. The van der Waals surface area contributed by atoms with Crippen molar-refractivity contribution in [3.63, 3.8) is 0 Å². The van der Waals surface area contributed by atoms with Crippen molar-refractivity contribution in [3.8, 4) is 5.75 Å². The highest BCUT2D eigenvalue weighted by Crippen LogP contribution is 2.29. The molecular weight excluding hydrogens is 288 g/mol. The van der Waals surface area contributed by atoms with E-state index in [0.29, 0.717) is 6.42 Å². The Morgan fingerprint density at radius 3 is 2.76 bits per heavy atom. The van der Waals surface area contributed by atoms with Gasteiger partial charge >= 0.3 is 0 Å². The number of sulfone groups is 1. The number of benzene rings is 1. The molecule has 21 heavy (non-hydrogen) atoms. The van der Waals surface area contributed by atoms with Crippen molar-refractivity contribution in [2.45, 2.75) is 19.4 Å². The average molecular weight is 308 g/mol. The number of hydrogen-bond acceptors (Lipinski definition) is 5. The number of methoxy groups -OCH3 is 1. The second kappa shape index (κ2) is 6.30. The molecule has 1 aromatic carbocycles. The Labute approximate surface area is 125 Å². The molecule has 0 amide bonds. The van der Waals surface area contributed by atoms with Gasteiger partial charge in [-0.15, -0.1) is 0 Å². The maximum Gasteiger partial charge on any atom is 0.147 e. The third-order valence-corrected chi connectivity index (χ3v) is 4.25. The molecule has 0 saturated heterocycles. The summed E-state index contributed by atoms with van der Waals surface area (Å²) < 4.78 is 27.8. The summed E-state index contributed by atoms with van der Waals surface area (Å²) in [6.45, 7) is 1.97. The van der Waals surface area contributed by atoms with Crippen LogP contribution in [0.2, 0.25) is 0 Å². The van der Waals surface area contributed by atoms with Gasteiger partial charge in [0.1, 0.15) is 21.1 Å². The van der Waals surface area contributed by atoms with Crippen molar-refractivity contribution >= 4 is 26.4 Å². The minimum Gasteiger partial charge on any atom is -0.494 e. The summed E-state index contributed by atoms with van der Waals surface area (Å²) in [7, 11) is -1.32. The zero-order valence-electron chi connectivity index (χ0n) is 12.5. The summed E-state index contributed by atoms with van der Waals surface area (Å²) in [5.41, 5.74) is 1.72. The first kappa shape index (κ1) is 15.6. The van der Waals surface area contributed by atoms with Gasteiger partial charge in [0, 0.05) is 29.6 Å². The van der Waals surface area contributed by atoms with Gasteiger partial charge in [0.05, 0.1) is 12.9 Å². The van der Waals surface area contributed by atoms with Crippen molar-refractivity contribution in [2.24, 2.45) is 0 Å². The van der Waals surface area contributed by atoms with E-state index in [4.69, 9.17) is 4.74 Å². The number of nitrogens with zero attached hydrogens (tertiary/aromatic N) is 1. The van der Waals surface area contributed by atoms with Crippen LogP contribution in [-0.4, -0.2) is 38.6 Å². The Balaban J connectivity index is 2.23. The van der Waals surface area contributed by atoms with E-state index in [9.17, 15) is 8.42 Å². The molecule has 0 aliphatic rings. The Kier molecular flexibility index (Phi) is 4.67. The Morgan fingerprint density at radius 2 is 2.10 bits per heavy atom. The SMILES string of the molecule is COc1cccc2c(N[C@H](C)CCS(C)(=O)=O)ccnc12. The third-order valence-electron chi connectivity index (χ3n) is 3.28. The fraction of sp³-hybridized carbons (Fsp3) is 0.400. The molecule has 0 unspecified atom stereocenters. The van der Waals surface area contributed by atoms with Crippen LogP contribution in [0.25, 0.3) is 10.9 Å². The molecule has 2 aromatic rings. The van der Waals surface area contributed by atoms with E-state index < -0.39 is 9.84 Å².